The van der Waals surface area contributed by atoms with Crippen molar-refractivity contribution < 1.29 is 38.7 Å². The van der Waals surface area contributed by atoms with E-state index in [2.05, 4.69) is 8.37 Å². The lowest BCUT2D eigenvalue weighted by molar-refractivity contribution is -0.174. The molecular formula is C7H13F3O6S2. The van der Waals surface area contributed by atoms with Crippen LogP contribution >= 0.6 is 0 Å². The zero-order chi connectivity index (χ0) is 14.8. The highest BCUT2D eigenvalue weighted by molar-refractivity contribution is 7.88. The lowest BCUT2D eigenvalue weighted by Gasteiger charge is -2.23. The zero-order valence-electron chi connectivity index (χ0n) is 9.72. The third-order valence-corrected chi connectivity index (χ3v) is 3.92. The van der Waals surface area contributed by atoms with Crippen LogP contribution in [0.3, 0.4) is 0 Å². The van der Waals surface area contributed by atoms with E-state index in [-0.39, 0.29) is 0 Å². The van der Waals surface area contributed by atoms with Crippen LogP contribution in [-0.4, -0.2) is 34.4 Å². The van der Waals surface area contributed by atoms with Crippen molar-refractivity contribution in [3.05, 3.63) is 0 Å². The van der Waals surface area contributed by atoms with Crippen molar-refractivity contribution in [2.75, 3.05) is 0 Å². The van der Waals surface area contributed by atoms with Crippen LogP contribution < -0.4 is 0 Å². The molecule has 2 atom stereocenters. The van der Waals surface area contributed by atoms with Gasteiger partial charge in [0.25, 0.3) is 10.1 Å². The first-order chi connectivity index (χ1) is 7.74. The van der Waals surface area contributed by atoms with Gasteiger partial charge in [-0.1, -0.05) is 0 Å². The maximum absolute atomic E-state index is 12.1. The molecule has 0 saturated heterocycles. The third-order valence-electron chi connectivity index (χ3n) is 1.57. The quantitative estimate of drug-likeness (QED) is 0.470. The van der Waals surface area contributed by atoms with Crippen molar-refractivity contribution >= 4 is 21.5 Å². The summed E-state index contributed by atoms with van der Waals surface area (Å²) in [6.45, 7) is 3.59. The Labute approximate surface area is 105 Å². The number of rotatable bonds is 5. The van der Waals surface area contributed by atoms with Crippen LogP contribution in [0.4, 0.5) is 13.2 Å². The molecule has 0 fully saturated rings. The lowest BCUT2D eigenvalue weighted by atomic mass is 10.3. The molecule has 0 radical (unpaired) electrons. The molecule has 0 aromatic carbocycles. The number of hydrogen-bond donors (Lipinski definition) is 1. The van der Waals surface area contributed by atoms with Gasteiger partial charge >= 0.3 is 17.5 Å². The van der Waals surface area contributed by atoms with Crippen molar-refractivity contribution in [3.63, 3.8) is 0 Å². The maximum Gasteiger partial charge on any atom is 0.394 e. The van der Waals surface area contributed by atoms with Gasteiger partial charge in [-0.3, -0.25) is 4.55 Å². The Balaban J connectivity index is 4.97. The van der Waals surface area contributed by atoms with Gasteiger partial charge in [-0.2, -0.15) is 25.8 Å². The predicted octanol–water partition coefficient (Wildman–Crippen LogP) is 1.56. The highest BCUT2D eigenvalue weighted by Gasteiger charge is 2.40. The predicted molar refractivity (Wildman–Crippen MR) is 56.1 cm³/mol. The minimum atomic E-state index is -4.81. The van der Waals surface area contributed by atoms with Gasteiger partial charge in [-0.25, -0.2) is 8.37 Å². The summed E-state index contributed by atoms with van der Waals surface area (Å²) in [6.07, 6.45) is -9.04. The summed E-state index contributed by atoms with van der Waals surface area (Å²) in [7, 11) is -4.39. The summed E-state index contributed by atoms with van der Waals surface area (Å²) in [6, 6.07) is 0. The van der Waals surface area contributed by atoms with Gasteiger partial charge in [-0.05, 0) is 20.8 Å². The minimum Gasteiger partial charge on any atom is -0.284 e. The van der Waals surface area contributed by atoms with Gasteiger partial charge in [-0.15, -0.1) is 0 Å². The van der Waals surface area contributed by atoms with Crippen LogP contribution in [-0.2, 0) is 29.8 Å². The normalized spacial score (nSPS) is 17.5. The molecule has 1 N–H and O–H groups in total. The fraction of sp³-hybridized carbons (Fsp3) is 1.00. The minimum absolute atomic E-state index is 1.20. The van der Waals surface area contributed by atoms with E-state index >= 15 is 0 Å². The van der Waals surface area contributed by atoms with E-state index in [1.165, 1.54) is 20.8 Å². The van der Waals surface area contributed by atoms with Crippen molar-refractivity contribution in [2.24, 2.45) is 0 Å². The zero-order valence-corrected chi connectivity index (χ0v) is 11.4. The molecule has 0 aliphatic heterocycles. The molecule has 0 heterocycles. The summed E-state index contributed by atoms with van der Waals surface area (Å²) >= 11 is -3.08. The summed E-state index contributed by atoms with van der Waals surface area (Å²) in [5.41, 5.74) is 0. The number of alkyl halides is 3. The van der Waals surface area contributed by atoms with Crippen LogP contribution in [0.15, 0.2) is 0 Å². The summed E-state index contributed by atoms with van der Waals surface area (Å²) in [4.78, 5) is 0. The largest absolute Gasteiger partial charge is 0.394 e. The molecule has 110 valence electrons. The standard InChI is InChI=1S/C7H13F3O6S2/c1-6(2,3)18(13,14)16-5(15-17(11)12)4-7(8,9)10/h5H,4H2,1-3H3,(H,11,12). The fourth-order valence-corrected chi connectivity index (χ4v) is 1.67. The monoisotopic (exact) mass is 314 g/mol. The SMILES string of the molecule is CC(C)(C)S(=O)(=O)OC(CC(F)(F)F)OS(=O)O. The van der Waals surface area contributed by atoms with Crippen LogP contribution in [0.2, 0.25) is 0 Å². The van der Waals surface area contributed by atoms with Crippen molar-refractivity contribution in [3.8, 4) is 0 Å². The lowest BCUT2D eigenvalue weighted by Crippen LogP contribution is -2.36. The Morgan fingerprint density at radius 1 is 1.28 bits per heavy atom. The Kier molecular flexibility index (Phi) is 5.75. The van der Waals surface area contributed by atoms with E-state index in [0.717, 1.165) is 0 Å². The molecule has 6 nitrogen and oxygen atoms in total. The van der Waals surface area contributed by atoms with Crippen LogP contribution in [0.1, 0.15) is 27.2 Å². The van der Waals surface area contributed by atoms with Gasteiger partial charge in [0, 0.05) is 0 Å². The third kappa shape index (κ3) is 6.64. The number of hydrogen-bond acceptors (Lipinski definition) is 5. The molecule has 0 aromatic heterocycles. The van der Waals surface area contributed by atoms with Crippen molar-refractivity contribution in [1.82, 2.24) is 0 Å². The smallest absolute Gasteiger partial charge is 0.284 e. The molecule has 0 aromatic rings. The second-order valence-corrected chi connectivity index (χ2v) is 7.18. The van der Waals surface area contributed by atoms with Crippen molar-refractivity contribution in [2.45, 2.75) is 44.4 Å². The second-order valence-electron chi connectivity index (χ2n) is 4.22. The molecule has 0 aliphatic carbocycles. The van der Waals surface area contributed by atoms with Crippen LogP contribution in [0, 0.1) is 0 Å². The van der Waals surface area contributed by atoms with Crippen LogP contribution in [0.5, 0.6) is 0 Å². The molecule has 2 unspecified atom stereocenters. The van der Waals surface area contributed by atoms with Crippen molar-refractivity contribution in [1.29, 1.82) is 0 Å². The number of halogens is 3. The molecule has 0 aliphatic rings. The molecular weight excluding hydrogens is 301 g/mol. The van der Waals surface area contributed by atoms with E-state index in [9.17, 15) is 25.8 Å². The van der Waals surface area contributed by atoms with Gasteiger partial charge in [0.05, 0.1) is 11.2 Å². The molecule has 0 rings (SSSR count). The van der Waals surface area contributed by atoms with Gasteiger partial charge in [0.2, 0.25) is 6.29 Å². The van der Waals surface area contributed by atoms with Gasteiger partial charge in [0.1, 0.15) is 0 Å². The van der Waals surface area contributed by atoms with E-state index in [0.29, 0.717) is 0 Å². The van der Waals surface area contributed by atoms with E-state index < -0.39 is 45.1 Å². The summed E-state index contributed by atoms with van der Waals surface area (Å²) < 4.78 is 84.4. The summed E-state index contributed by atoms with van der Waals surface area (Å²) in [5.74, 6) is 0. The molecule has 18 heavy (non-hydrogen) atoms. The highest BCUT2D eigenvalue weighted by atomic mass is 32.2. The van der Waals surface area contributed by atoms with E-state index in [1.807, 2.05) is 0 Å². The second kappa shape index (κ2) is 5.82. The average Bonchev–Trinajstić information content (AvgIpc) is 1.94. The van der Waals surface area contributed by atoms with E-state index in [4.69, 9.17) is 4.55 Å². The molecule has 0 saturated carbocycles. The van der Waals surface area contributed by atoms with Gasteiger partial charge in [0.15, 0.2) is 0 Å². The Bertz CT molecular complexity index is 396. The van der Waals surface area contributed by atoms with Crippen LogP contribution in [0.25, 0.3) is 0 Å². The Morgan fingerprint density at radius 2 is 1.72 bits per heavy atom. The summed E-state index contributed by atoms with van der Waals surface area (Å²) in [5, 5.41) is 0. The van der Waals surface area contributed by atoms with E-state index in [1.54, 1.807) is 0 Å². The average molecular weight is 314 g/mol. The topological polar surface area (TPSA) is 89.9 Å². The Hall–Kier alpha value is -0.230. The fourth-order valence-electron chi connectivity index (χ4n) is 0.651. The highest BCUT2D eigenvalue weighted by Crippen LogP contribution is 2.27. The van der Waals surface area contributed by atoms with Gasteiger partial charge < -0.3 is 0 Å². The molecule has 0 amide bonds. The maximum atomic E-state index is 12.1. The molecule has 0 spiro atoms. The first-order valence-corrected chi connectivity index (χ1v) is 6.96. The first-order valence-electron chi connectivity index (χ1n) is 4.52. The molecule has 0 bridgehead atoms. The Morgan fingerprint density at radius 3 is 2.00 bits per heavy atom. The first kappa shape index (κ1) is 17.8. The molecule has 11 heteroatoms.